The number of nitrogens with zero attached hydrogens (tertiary/aromatic N) is 1. The summed E-state index contributed by atoms with van der Waals surface area (Å²) in [6.45, 7) is 0.337. The molecule has 1 aliphatic carbocycles. The highest BCUT2D eigenvalue weighted by atomic mass is 19.4. The van der Waals surface area contributed by atoms with Crippen molar-refractivity contribution in [3.05, 3.63) is 24.3 Å². The molecule has 0 bridgehead atoms. The van der Waals surface area contributed by atoms with Gasteiger partial charge in [0.25, 0.3) is 0 Å². The quantitative estimate of drug-likeness (QED) is 0.922. The minimum absolute atomic E-state index is 0.000337. The Morgan fingerprint density at radius 1 is 1.26 bits per heavy atom. The summed E-state index contributed by atoms with van der Waals surface area (Å²) in [5.41, 5.74) is 0.319. The summed E-state index contributed by atoms with van der Waals surface area (Å²) in [7, 11) is 0. The molecule has 2 aliphatic rings. The molecule has 1 saturated heterocycles. The van der Waals surface area contributed by atoms with Gasteiger partial charge in [-0.1, -0.05) is 6.07 Å². The maximum Gasteiger partial charge on any atom is 0.573 e. The van der Waals surface area contributed by atoms with Gasteiger partial charge < -0.3 is 15.0 Å². The smallest absolute Gasteiger partial charge is 0.406 e. The van der Waals surface area contributed by atoms with Crippen molar-refractivity contribution in [2.75, 3.05) is 11.4 Å². The zero-order valence-corrected chi connectivity index (χ0v) is 12.1. The number of alkyl halides is 3. The van der Waals surface area contributed by atoms with Gasteiger partial charge in [0, 0.05) is 24.2 Å². The van der Waals surface area contributed by atoms with Crippen molar-refractivity contribution in [3.8, 4) is 5.75 Å². The molecule has 1 aromatic rings. The molecule has 0 radical (unpaired) electrons. The standard InChI is InChI=1S/C15H15F3N2O3/c16-15(17,18)23-11-3-1-2-10(8-11)20-7-6-12(14(20)22)19-13(21)9-4-5-9/h1-3,8-9,12H,4-7H2,(H,19,21). The van der Waals surface area contributed by atoms with Crippen molar-refractivity contribution in [2.45, 2.75) is 31.7 Å². The molecule has 1 saturated carbocycles. The van der Waals surface area contributed by atoms with Gasteiger partial charge in [0.2, 0.25) is 11.8 Å². The second-order valence-corrected chi connectivity index (χ2v) is 5.66. The zero-order chi connectivity index (χ0) is 16.6. The number of rotatable bonds is 4. The Hall–Kier alpha value is -2.25. The van der Waals surface area contributed by atoms with Gasteiger partial charge in [-0.3, -0.25) is 9.59 Å². The Labute approximate surface area is 130 Å². The Balaban J connectivity index is 1.68. The average molecular weight is 328 g/mol. The molecule has 1 unspecified atom stereocenters. The average Bonchev–Trinajstić information content (AvgIpc) is 3.24. The minimum atomic E-state index is -4.78. The first-order valence-corrected chi connectivity index (χ1v) is 7.31. The van der Waals surface area contributed by atoms with Crippen molar-refractivity contribution in [1.29, 1.82) is 0 Å². The molecule has 23 heavy (non-hydrogen) atoms. The molecule has 3 rings (SSSR count). The lowest BCUT2D eigenvalue weighted by molar-refractivity contribution is -0.274. The molecule has 1 N–H and O–H groups in total. The number of anilines is 1. The number of hydrogen-bond acceptors (Lipinski definition) is 3. The summed E-state index contributed by atoms with van der Waals surface area (Å²) < 4.78 is 40.7. The predicted molar refractivity (Wildman–Crippen MR) is 74.7 cm³/mol. The summed E-state index contributed by atoms with van der Waals surface area (Å²) in [5.74, 6) is -0.823. The van der Waals surface area contributed by atoms with E-state index in [1.54, 1.807) is 0 Å². The van der Waals surface area contributed by atoms with E-state index >= 15 is 0 Å². The number of benzene rings is 1. The van der Waals surface area contributed by atoms with Crippen molar-refractivity contribution in [3.63, 3.8) is 0 Å². The van der Waals surface area contributed by atoms with Crippen LogP contribution in [-0.4, -0.2) is 30.8 Å². The molecule has 0 aromatic heterocycles. The largest absolute Gasteiger partial charge is 0.573 e. The monoisotopic (exact) mass is 328 g/mol. The van der Waals surface area contributed by atoms with E-state index in [1.165, 1.54) is 23.1 Å². The fourth-order valence-electron chi connectivity index (χ4n) is 2.55. The highest BCUT2D eigenvalue weighted by Gasteiger charge is 2.38. The van der Waals surface area contributed by atoms with Crippen molar-refractivity contribution in [1.82, 2.24) is 5.32 Å². The van der Waals surface area contributed by atoms with E-state index in [1.807, 2.05) is 0 Å². The number of carbonyl (C=O) groups excluding carboxylic acids is 2. The molecule has 8 heteroatoms. The van der Waals surface area contributed by atoms with Crippen LogP contribution >= 0.6 is 0 Å². The first-order valence-electron chi connectivity index (χ1n) is 7.31. The lowest BCUT2D eigenvalue weighted by atomic mass is 10.2. The van der Waals surface area contributed by atoms with Crippen molar-refractivity contribution in [2.24, 2.45) is 5.92 Å². The summed E-state index contributed by atoms with van der Waals surface area (Å²) in [5, 5.41) is 2.70. The van der Waals surface area contributed by atoms with Crippen LogP contribution in [0.4, 0.5) is 18.9 Å². The Kier molecular flexibility index (Phi) is 3.91. The highest BCUT2D eigenvalue weighted by Crippen LogP contribution is 2.31. The third-order valence-electron chi connectivity index (χ3n) is 3.83. The van der Waals surface area contributed by atoms with Gasteiger partial charge in [-0.15, -0.1) is 13.2 Å². The van der Waals surface area contributed by atoms with Crippen LogP contribution in [0.5, 0.6) is 5.75 Å². The molecule has 124 valence electrons. The van der Waals surface area contributed by atoms with E-state index in [0.717, 1.165) is 18.9 Å². The molecule has 2 fully saturated rings. The summed E-state index contributed by atoms with van der Waals surface area (Å²) >= 11 is 0. The normalized spacial score (nSPS) is 21.4. The summed E-state index contributed by atoms with van der Waals surface area (Å²) in [6.07, 6.45) is -2.67. The predicted octanol–water partition coefficient (Wildman–Crippen LogP) is 2.22. The Morgan fingerprint density at radius 3 is 2.65 bits per heavy atom. The molecule has 1 atom stereocenters. The Bertz CT molecular complexity index is 629. The van der Waals surface area contributed by atoms with E-state index in [9.17, 15) is 22.8 Å². The molecule has 0 spiro atoms. The van der Waals surface area contributed by atoms with Crippen LogP contribution in [0, 0.1) is 5.92 Å². The second-order valence-electron chi connectivity index (χ2n) is 5.66. The summed E-state index contributed by atoms with van der Waals surface area (Å²) in [6, 6.07) is 4.64. The molecule has 1 aromatic carbocycles. The second kappa shape index (κ2) is 5.75. The number of carbonyl (C=O) groups is 2. The first-order chi connectivity index (χ1) is 10.8. The van der Waals surface area contributed by atoms with Gasteiger partial charge in [-0.05, 0) is 31.4 Å². The van der Waals surface area contributed by atoms with Crippen LogP contribution in [-0.2, 0) is 9.59 Å². The third kappa shape index (κ3) is 3.75. The van der Waals surface area contributed by atoms with E-state index in [2.05, 4.69) is 10.1 Å². The van der Waals surface area contributed by atoms with Crippen LogP contribution in [0.2, 0.25) is 0 Å². The van der Waals surface area contributed by atoms with Crippen LogP contribution in [0.15, 0.2) is 24.3 Å². The third-order valence-corrected chi connectivity index (χ3v) is 3.83. The van der Waals surface area contributed by atoms with Gasteiger partial charge in [0.15, 0.2) is 0 Å². The van der Waals surface area contributed by atoms with Gasteiger partial charge in [-0.25, -0.2) is 0 Å². The van der Waals surface area contributed by atoms with Crippen LogP contribution in [0.25, 0.3) is 0 Å². The van der Waals surface area contributed by atoms with E-state index in [4.69, 9.17) is 0 Å². The lowest BCUT2D eigenvalue weighted by Gasteiger charge is -2.18. The SMILES string of the molecule is O=C(NC1CCN(c2cccc(OC(F)(F)F)c2)C1=O)C1CC1. The van der Waals surface area contributed by atoms with Crippen LogP contribution in [0.1, 0.15) is 19.3 Å². The van der Waals surface area contributed by atoms with Gasteiger partial charge >= 0.3 is 6.36 Å². The van der Waals surface area contributed by atoms with E-state index in [0.29, 0.717) is 18.7 Å². The van der Waals surface area contributed by atoms with Gasteiger partial charge in [0.1, 0.15) is 11.8 Å². The lowest BCUT2D eigenvalue weighted by Crippen LogP contribution is -2.42. The van der Waals surface area contributed by atoms with Gasteiger partial charge in [-0.2, -0.15) is 0 Å². The maximum atomic E-state index is 12.3. The maximum absolute atomic E-state index is 12.3. The molecule has 5 nitrogen and oxygen atoms in total. The first kappa shape index (κ1) is 15.6. The molecular weight excluding hydrogens is 313 g/mol. The fraction of sp³-hybridized carbons (Fsp3) is 0.467. The Morgan fingerprint density at radius 2 is 2.00 bits per heavy atom. The molecule has 1 heterocycles. The number of amides is 2. The topological polar surface area (TPSA) is 58.6 Å². The number of halogens is 3. The fourth-order valence-corrected chi connectivity index (χ4v) is 2.55. The van der Waals surface area contributed by atoms with E-state index < -0.39 is 12.4 Å². The number of hydrogen-bond donors (Lipinski definition) is 1. The molecule has 2 amide bonds. The number of ether oxygens (including phenoxy) is 1. The van der Waals surface area contributed by atoms with Crippen molar-refractivity contribution < 1.29 is 27.5 Å². The number of nitrogens with one attached hydrogen (secondary N) is 1. The highest BCUT2D eigenvalue weighted by molar-refractivity contribution is 6.01. The van der Waals surface area contributed by atoms with Crippen LogP contribution in [0.3, 0.4) is 0 Å². The van der Waals surface area contributed by atoms with Crippen LogP contribution < -0.4 is 15.0 Å². The van der Waals surface area contributed by atoms with Crippen molar-refractivity contribution >= 4 is 17.5 Å². The zero-order valence-electron chi connectivity index (χ0n) is 12.1. The minimum Gasteiger partial charge on any atom is -0.406 e. The molecular formula is C15H15F3N2O3. The summed E-state index contributed by atoms with van der Waals surface area (Å²) in [4.78, 5) is 25.4. The van der Waals surface area contributed by atoms with Gasteiger partial charge in [0.05, 0.1) is 0 Å². The van der Waals surface area contributed by atoms with E-state index in [-0.39, 0.29) is 23.5 Å². The molecule has 1 aliphatic heterocycles.